The Kier molecular flexibility index (Phi) is 4.50. The summed E-state index contributed by atoms with van der Waals surface area (Å²) in [6, 6.07) is 0. The van der Waals surface area contributed by atoms with E-state index >= 15 is 0 Å². The van der Waals surface area contributed by atoms with Crippen molar-refractivity contribution in [2.45, 2.75) is 25.6 Å². The summed E-state index contributed by atoms with van der Waals surface area (Å²) >= 11 is 0. The predicted octanol–water partition coefficient (Wildman–Crippen LogP) is 1.17. The summed E-state index contributed by atoms with van der Waals surface area (Å²) in [6.45, 7) is 4.22. The lowest BCUT2D eigenvalue weighted by molar-refractivity contribution is 0.0592. The normalized spacial score (nSPS) is 30.8. The van der Waals surface area contributed by atoms with E-state index in [9.17, 15) is 4.57 Å². The molecule has 0 aromatic carbocycles. The second-order valence-corrected chi connectivity index (χ2v) is 6.62. The molecule has 2 saturated heterocycles. The third-order valence-corrected chi connectivity index (χ3v) is 4.89. The fourth-order valence-corrected chi connectivity index (χ4v) is 3.54. The van der Waals surface area contributed by atoms with Crippen molar-refractivity contribution >= 4 is 13.7 Å². The van der Waals surface area contributed by atoms with E-state index < -0.39 is 7.75 Å². The van der Waals surface area contributed by atoms with Gasteiger partial charge in [-0.1, -0.05) is 0 Å². The highest BCUT2D eigenvalue weighted by atomic mass is 31.2. The largest absolute Gasteiger partial charge is 0.457 e. The van der Waals surface area contributed by atoms with E-state index in [0.29, 0.717) is 19.0 Å². The molecule has 0 aromatic rings. The minimum absolute atomic E-state index is 0.0808. The summed E-state index contributed by atoms with van der Waals surface area (Å²) in [7, 11) is 1.69. The van der Waals surface area contributed by atoms with Crippen LogP contribution >= 0.6 is 7.75 Å². The summed E-state index contributed by atoms with van der Waals surface area (Å²) in [6.07, 6.45) is 0.403. The van der Waals surface area contributed by atoms with Gasteiger partial charge in [0, 0.05) is 47.3 Å². The van der Waals surface area contributed by atoms with Gasteiger partial charge in [0.1, 0.15) is 0 Å². The lowest BCUT2D eigenvalue weighted by Gasteiger charge is -2.22. The highest BCUT2D eigenvalue weighted by Crippen LogP contribution is 2.52. The Balaban J connectivity index is 2.13. The van der Waals surface area contributed by atoms with Crippen LogP contribution in [0.4, 0.5) is 0 Å². The van der Waals surface area contributed by atoms with Crippen molar-refractivity contribution in [1.82, 2.24) is 9.80 Å². The van der Waals surface area contributed by atoms with Gasteiger partial charge in [-0.05, 0) is 6.92 Å². The van der Waals surface area contributed by atoms with Crippen LogP contribution in [0.15, 0.2) is 4.76 Å². The first kappa shape index (κ1) is 14.8. The lowest BCUT2D eigenvalue weighted by Crippen LogP contribution is -2.28. The summed E-state index contributed by atoms with van der Waals surface area (Å²) in [5, 5.41) is 0. The van der Waals surface area contributed by atoms with Crippen LogP contribution in [0.2, 0.25) is 0 Å². The third-order valence-electron chi connectivity index (χ3n) is 3.47. The van der Waals surface area contributed by atoms with E-state index in [1.807, 2.05) is 30.8 Å². The van der Waals surface area contributed by atoms with Crippen molar-refractivity contribution in [1.29, 1.82) is 0 Å². The van der Waals surface area contributed by atoms with Crippen molar-refractivity contribution in [3.05, 3.63) is 0 Å². The lowest BCUT2D eigenvalue weighted by atomic mass is 10.2. The van der Waals surface area contributed by atoms with Crippen LogP contribution in [0.25, 0.3) is 0 Å². The molecule has 8 heteroatoms. The summed E-state index contributed by atoms with van der Waals surface area (Å²) in [5.41, 5.74) is 0. The number of ether oxygens (including phenoxy) is 1. The highest BCUT2D eigenvalue weighted by Gasteiger charge is 2.36. The van der Waals surface area contributed by atoms with Crippen LogP contribution in [0.5, 0.6) is 0 Å². The van der Waals surface area contributed by atoms with Gasteiger partial charge in [0.15, 0.2) is 0 Å². The minimum Gasteiger partial charge on any atom is -0.376 e. The van der Waals surface area contributed by atoms with Gasteiger partial charge in [-0.2, -0.15) is 0 Å². The molecule has 7 nitrogen and oxygen atoms in total. The number of guanidine groups is 1. The molecule has 0 saturated carbocycles. The van der Waals surface area contributed by atoms with Gasteiger partial charge in [-0.25, -0.2) is 4.57 Å². The van der Waals surface area contributed by atoms with Crippen LogP contribution in [0.1, 0.15) is 13.3 Å². The topological polar surface area (TPSA) is 63.6 Å². The molecule has 0 N–H and O–H groups in total. The van der Waals surface area contributed by atoms with Crippen molar-refractivity contribution < 1.29 is 18.3 Å². The van der Waals surface area contributed by atoms with E-state index in [2.05, 4.69) is 4.76 Å². The zero-order chi connectivity index (χ0) is 14.0. The molecule has 3 atom stereocenters. The van der Waals surface area contributed by atoms with Gasteiger partial charge in [0.25, 0.3) is 0 Å². The van der Waals surface area contributed by atoms with E-state index in [1.54, 1.807) is 0 Å². The molecular formula is C11H22N3O4P. The molecule has 2 unspecified atom stereocenters. The Hall–Kier alpha value is -0.620. The van der Waals surface area contributed by atoms with E-state index in [1.165, 1.54) is 7.11 Å². The molecule has 2 fully saturated rings. The van der Waals surface area contributed by atoms with Gasteiger partial charge in [-0.3, -0.25) is 9.05 Å². The Morgan fingerprint density at radius 2 is 2.00 bits per heavy atom. The molecular weight excluding hydrogens is 269 g/mol. The van der Waals surface area contributed by atoms with E-state index in [-0.39, 0.29) is 12.2 Å². The molecule has 19 heavy (non-hydrogen) atoms. The number of hydrogen-bond acceptors (Lipinski definition) is 4. The second-order valence-electron chi connectivity index (χ2n) is 4.90. The van der Waals surface area contributed by atoms with Crippen molar-refractivity contribution in [3.8, 4) is 0 Å². The first-order valence-electron chi connectivity index (χ1n) is 6.43. The maximum absolute atomic E-state index is 12.6. The van der Waals surface area contributed by atoms with E-state index in [0.717, 1.165) is 13.1 Å². The quantitative estimate of drug-likeness (QED) is 0.724. The number of nitrogens with zero attached hydrogens (tertiary/aromatic N) is 3. The van der Waals surface area contributed by atoms with Crippen LogP contribution in [0.3, 0.4) is 0 Å². The Morgan fingerprint density at radius 3 is 2.47 bits per heavy atom. The molecule has 2 heterocycles. The monoisotopic (exact) mass is 291 g/mol. The molecule has 0 amide bonds. The fourth-order valence-electron chi connectivity index (χ4n) is 2.18. The smallest absolute Gasteiger partial charge is 0.376 e. The van der Waals surface area contributed by atoms with Crippen LogP contribution in [0, 0.1) is 0 Å². The fraction of sp³-hybridized carbons (Fsp3) is 0.909. The summed E-state index contributed by atoms with van der Waals surface area (Å²) in [5.74, 6) is 0.636. The van der Waals surface area contributed by atoms with Crippen LogP contribution in [-0.4, -0.2) is 68.9 Å². The van der Waals surface area contributed by atoms with Crippen molar-refractivity contribution in [3.63, 3.8) is 0 Å². The SMILES string of the molecule is COP(=O)(N=C1N(C)CCN1C)OC1CCO[C@@H]1C. The van der Waals surface area contributed by atoms with Gasteiger partial charge in [0.05, 0.1) is 12.2 Å². The first-order chi connectivity index (χ1) is 8.95. The number of likely N-dealkylation sites (N-methyl/N-ethyl adjacent to an activating group) is 2. The zero-order valence-corrected chi connectivity index (χ0v) is 12.8. The molecule has 0 aromatic heterocycles. The Labute approximate surface area is 114 Å². The molecule has 0 aliphatic carbocycles. The number of hydrogen-bond donors (Lipinski definition) is 0. The standard InChI is InChI=1S/C11H22N3O4P/c1-9-10(5-8-17-9)18-19(15,16-4)12-11-13(2)6-7-14(11)3/h9-10H,5-8H2,1-4H3/t9-,10?,19?/m1/s1. The highest BCUT2D eigenvalue weighted by molar-refractivity contribution is 7.52. The van der Waals surface area contributed by atoms with E-state index in [4.69, 9.17) is 13.8 Å². The Morgan fingerprint density at radius 1 is 1.37 bits per heavy atom. The Bertz CT molecular complexity index is 391. The predicted molar refractivity (Wildman–Crippen MR) is 72.2 cm³/mol. The van der Waals surface area contributed by atoms with Gasteiger partial charge >= 0.3 is 7.75 Å². The van der Waals surface area contributed by atoms with Crippen molar-refractivity contribution in [2.24, 2.45) is 4.76 Å². The molecule has 0 bridgehead atoms. The van der Waals surface area contributed by atoms with Gasteiger partial charge < -0.3 is 14.5 Å². The maximum Gasteiger partial charge on any atom is 0.457 e. The minimum atomic E-state index is -3.49. The number of rotatable bonds is 4. The second kappa shape index (κ2) is 5.79. The molecule has 2 aliphatic heterocycles. The average molecular weight is 291 g/mol. The first-order valence-corrected chi connectivity index (χ1v) is 7.93. The summed E-state index contributed by atoms with van der Waals surface area (Å²) < 4.78 is 32.8. The molecule has 110 valence electrons. The zero-order valence-electron chi connectivity index (χ0n) is 11.9. The van der Waals surface area contributed by atoms with Gasteiger partial charge in [0.2, 0.25) is 5.96 Å². The van der Waals surface area contributed by atoms with Crippen LogP contribution in [-0.2, 0) is 18.3 Å². The molecule has 2 aliphatic rings. The molecule has 2 rings (SSSR count). The average Bonchev–Trinajstić information content (AvgIpc) is 2.90. The third kappa shape index (κ3) is 3.28. The van der Waals surface area contributed by atoms with Crippen LogP contribution < -0.4 is 0 Å². The maximum atomic E-state index is 12.6. The molecule has 0 spiro atoms. The van der Waals surface area contributed by atoms with Crippen molar-refractivity contribution in [2.75, 3.05) is 40.9 Å². The summed E-state index contributed by atoms with van der Waals surface area (Å²) in [4.78, 5) is 3.87. The molecule has 0 radical (unpaired) electrons. The van der Waals surface area contributed by atoms with Gasteiger partial charge in [-0.15, -0.1) is 4.76 Å².